The van der Waals surface area contributed by atoms with Gasteiger partial charge in [-0.25, -0.2) is 9.18 Å². The third-order valence-electron chi connectivity index (χ3n) is 4.10. The molecule has 0 aliphatic heterocycles. The Labute approximate surface area is 146 Å². The molecule has 0 heterocycles. The number of carboxylic acids is 1. The second kappa shape index (κ2) is 8.97. The van der Waals surface area contributed by atoms with Gasteiger partial charge in [-0.1, -0.05) is 49.4 Å². The Morgan fingerprint density at radius 1 is 1.08 bits per heavy atom. The summed E-state index contributed by atoms with van der Waals surface area (Å²) in [5.41, 5.74) is 1.67. The molecule has 25 heavy (non-hydrogen) atoms. The van der Waals surface area contributed by atoms with Gasteiger partial charge in [0.15, 0.2) is 0 Å². The van der Waals surface area contributed by atoms with Crippen LogP contribution in [-0.4, -0.2) is 23.0 Å². The molecule has 0 aliphatic rings. The van der Waals surface area contributed by atoms with Crippen LogP contribution in [0.2, 0.25) is 0 Å². The van der Waals surface area contributed by atoms with Crippen LogP contribution in [-0.2, 0) is 22.4 Å². The van der Waals surface area contributed by atoms with E-state index in [1.807, 2.05) is 36.4 Å². The fourth-order valence-corrected chi connectivity index (χ4v) is 2.57. The number of aliphatic carboxylic acids is 1. The zero-order valence-corrected chi connectivity index (χ0v) is 14.1. The van der Waals surface area contributed by atoms with Gasteiger partial charge in [0.25, 0.3) is 0 Å². The molecule has 2 N–H and O–H groups in total. The van der Waals surface area contributed by atoms with Crippen molar-refractivity contribution in [3.63, 3.8) is 0 Å². The molecule has 0 aromatic heterocycles. The van der Waals surface area contributed by atoms with E-state index < -0.39 is 12.0 Å². The number of aryl methyl sites for hydroxylation is 1. The van der Waals surface area contributed by atoms with Crippen LogP contribution in [0.1, 0.15) is 24.5 Å². The first kappa shape index (κ1) is 18.6. The number of nitrogens with one attached hydrogen (secondary N) is 1. The summed E-state index contributed by atoms with van der Waals surface area (Å²) in [6, 6.07) is 14.5. The fourth-order valence-electron chi connectivity index (χ4n) is 2.57. The van der Waals surface area contributed by atoms with E-state index in [0.29, 0.717) is 12.8 Å². The highest BCUT2D eigenvalue weighted by molar-refractivity contribution is 5.85. The van der Waals surface area contributed by atoms with Gasteiger partial charge in [0.2, 0.25) is 5.91 Å². The summed E-state index contributed by atoms with van der Waals surface area (Å²) in [4.78, 5) is 23.7. The maximum Gasteiger partial charge on any atom is 0.326 e. The summed E-state index contributed by atoms with van der Waals surface area (Å²) in [6.07, 6.45) is 1.31. The zero-order chi connectivity index (χ0) is 18.2. The molecule has 0 saturated carbocycles. The maximum atomic E-state index is 13.2. The van der Waals surface area contributed by atoms with Crippen LogP contribution in [0, 0.1) is 11.7 Å². The van der Waals surface area contributed by atoms with Gasteiger partial charge in [0, 0.05) is 12.3 Å². The summed E-state index contributed by atoms with van der Waals surface area (Å²) >= 11 is 0. The van der Waals surface area contributed by atoms with E-state index in [-0.39, 0.29) is 24.1 Å². The molecule has 5 heteroatoms. The van der Waals surface area contributed by atoms with Crippen LogP contribution in [0.3, 0.4) is 0 Å². The molecule has 0 saturated heterocycles. The highest BCUT2D eigenvalue weighted by Gasteiger charge is 2.23. The second-order valence-electron chi connectivity index (χ2n) is 6.16. The lowest BCUT2D eigenvalue weighted by atomic mass is 9.99. The molecule has 0 bridgehead atoms. The molecule has 0 aliphatic carbocycles. The van der Waals surface area contributed by atoms with Crippen LogP contribution in [0.25, 0.3) is 0 Å². The van der Waals surface area contributed by atoms with Gasteiger partial charge in [-0.3, -0.25) is 4.79 Å². The molecule has 0 spiro atoms. The Kier molecular flexibility index (Phi) is 6.69. The van der Waals surface area contributed by atoms with Gasteiger partial charge in [-0.15, -0.1) is 0 Å². The SMILES string of the molecule is CC(CCc1cccc(F)c1)C(=O)N[C@H](Cc1ccccc1)C(=O)O. The Morgan fingerprint density at radius 3 is 2.40 bits per heavy atom. The summed E-state index contributed by atoms with van der Waals surface area (Å²) in [7, 11) is 0. The lowest BCUT2D eigenvalue weighted by Gasteiger charge is -2.18. The van der Waals surface area contributed by atoms with Gasteiger partial charge < -0.3 is 10.4 Å². The Morgan fingerprint density at radius 2 is 1.76 bits per heavy atom. The summed E-state index contributed by atoms with van der Waals surface area (Å²) in [6.45, 7) is 1.75. The molecule has 132 valence electrons. The number of amides is 1. The van der Waals surface area contributed by atoms with E-state index in [2.05, 4.69) is 5.32 Å². The van der Waals surface area contributed by atoms with Crippen LogP contribution in [0.4, 0.5) is 4.39 Å². The quantitative estimate of drug-likeness (QED) is 0.773. The van der Waals surface area contributed by atoms with Crippen molar-refractivity contribution in [2.75, 3.05) is 0 Å². The first-order valence-corrected chi connectivity index (χ1v) is 8.27. The number of carbonyl (C=O) groups excluding carboxylic acids is 1. The van der Waals surface area contributed by atoms with E-state index in [0.717, 1.165) is 11.1 Å². The van der Waals surface area contributed by atoms with Gasteiger partial charge in [0.1, 0.15) is 11.9 Å². The van der Waals surface area contributed by atoms with Gasteiger partial charge in [-0.05, 0) is 36.1 Å². The molecule has 0 fully saturated rings. The summed E-state index contributed by atoms with van der Waals surface area (Å²) < 4.78 is 13.2. The molecule has 2 aromatic carbocycles. The van der Waals surface area contributed by atoms with Crippen molar-refractivity contribution >= 4 is 11.9 Å². The fraction of sp³-hybridized carbons (Fsp3) is 0.300. The Balaban J connectivity index is 1.90. The predicted molar refractivity (Wildman–Crippen MR) is 93.6 cm³/mol. The summed E-state index contributed by atoms with van der Waals surface area (Å²) in [5, 5.41) is 11.9. The molecule has 1 amide bonds. The van der Waals surface area contributed by atoms with E-state index in [9.17, 15) is 19.1 Å². The molecular weight excluding hydrogens is 321 g/mol. The second-order valence-corrected chi connectivity index (χ2v) is 6.16. The predicted octanol–water partition coefficient (Wildman–Crippen LogP) is 3.21. The van der Waals surface area contributed by atoms with Gasteiger partial charge >= 0.3 is 5.97 Å². The first-order chi connectivity index (χ1) is 12.0. The average Bonchev–Trinajstić information content (AvgIpc) is 2.60. The van der Waals surface area contributed by atoms with Crippen LogP contribution >= 0.6 is 0 Å². The van der Waals surface area contributed by atoms with E-state index in [1.54, 1.807) is 13.0 Å². The lowest BCUT2D eigenvalue weighted by Crippen LogP contribution is -2.44. The van der Waals surface area contributed by atoms with E-state index in [1.165, 1.54) is 12.1 Å². The third kappa shape index (κ3) is 6.03. The van der Waals surface area contributed by atoms with Crippen molar-refractivity contribution in [3.8, 4) is 0 Å². The van der Waals surface area contributed by atoms with Crippen molar-refractivity contribution in [2.45, 2.75) is 32.2 Å². The van der Waals surface area contributed by atoms with Crippen LogP contribution < -0.4 is 5.32 Å². The molecule has 1 unspecified atom stereocenters. The minimum atomic E-state index is -1.06. The monoisotopic (exact) mass is 343 g/mol. The maximum absolute atomic E-state index is 13.2. The molecule has 2 atom stereocenters. The Bertz CT molecular complexity index is 718. The molecular formula is C20H22FNO3. The highest BCUT2D eigenvalue weighted by Crippen LogP contribution is 2.12. The van der Waals surface area contributed by atoms with Crippen molar-refractivity contribution in [2.24, 2.45) is 5.92 Å². The van der Waals surface area contributed by atoms with Crippen molar-refractivity contribution in [3.05, 3.63) is 71.5 Å². The number of benzene rings is 2. The topological polar surface area (TPSA) is 66.4 Å². The van der Waals surface area contributed by atoms with E-state index >= 15 is 0 Å². The number of hydrogen-bond donors (Lipinski definition) is 2. The van der Waals surface area contributed by atoms with E-state index in [4.69, 9.17) is 0 Å². The minimum Gasteiger partial charge on any atom is -0.480 e. The van der Waals surface area contributed by atoms with Crippen molar-refractivity contribution in [1.29, 1.82) is 0 Å². The standard InChI is InChI=1S/C20H22FNO3/c1-14(10-11-16-8-5-9-17(21)12-16)19(23)22-18(20(24)25)13-15-6-3-2-4-7-15/h2-9,12,14,18H,10-11,13H2,1H3,(H,22,23)(H,24,25)/t14?,18-/m1/s1. The van der Waals surface area contributed by atoms with Crippen molar-refractivity contribution < 1.29 is 19.1 Å². The largest absolute Gasteiger partial charge is 0.480 e. The lowest BCUT2D eigenvalue weighted by molar-refractivity contribution is -0.142. The summed E-state index contributed by atoms with van der Waals surface area (Å²) in [5.74, 6) is -2.03. The molecule has 2 rings (SSSR count). The number of hydrogen-bond acceptors (Lipinski definition) is 2. The number of halogens is 1. The number of carboxylic acid groups (broad SMARTS) is 1. The molecule has 2 aromatic rings. The van der Waals surface area contributed by atoms with Crippen LogP contribution in [0.15, 0.2) is 54.6 Å². The van der Waals surface area contributed by atoms with Crippen molar-refractivity contribution in [1.82, 2.24) is 5.32 Å². The normalized spacial score (nSPS) is 13.0. The number of rotatable bonds is 8. The third-order valence-corrected chi connectivity index (χ3v) is 4.10. The Hall–Kier alpha value is -2.69. The number of carbonyl (C=O) groups is 2. The first-order valence-electron chi connectivity index (χ1n) is 8.27. The zero-order valence-electron chi connectivity index (χ0n) is 14.1. The molecule has 4 nitrogen and oxygen atoms in total. The van der Waals surface area contributed by atoms with Gasteiger partial charge in [0.05, 0.1) is 0 Å². The smallest absolute Gasteiger partial charge is 0.326 e. The average molecular weight is 343 g/mol. The molecule has 0 radical (unpaired) electrons. The van der Waals surface area contributed by atoms with Crippen LogP contribution in [0.5, 0.6) is 0 Å². The highest BCUT2D eigenvalue weighted by atomic mass is 19.1. The minimum absolute atomic E-state index is 0.235. The van der Waals surface area contributed by atoms with Gasteiger partial charge in [-0.2, -0.15) is 0 Å².